The second-order valence-electron chi connectivity index (χ2n) is 5.54. The number of nitrogens with one attached hydrogen (secondary N) is 1. The summed E-state index contributed by atoms with van der Waals surface area (Å²) in [7, 11) is 2.00. The Morgan fingerprint density at radius 3 is 2.95 bits per heavy atom. The first-order valence-electron chi connectivity index (χ1n) is 7.00. The minimum absolute atomic E-state index is 0.000128. The van der Waals surface area contributed by atoms with Crippen LogP contribution < -0.4 is 5.32 Å². The lowest BCUT2D eigenvalue weighted by Gasteiger charge is -2.21. The Hall–Kier alpha value is -1.61. The predicted octanol–water partition coefficient (Wildman–Crippen LogP) is 2.81. The number of carbonyl (C=O) groups excluding carboxylic acids is 1. The molecule has 0 spiro atoms. The lowest BCUT2D eigenvalue weighted by atomic mass is 9.96. The zero-order valence-electron chi connectivity index (χ0n) is 11.6. The Morgan fingerprint density at radius 1 is 1.37 bits per heavy atom. The first-order chi connectivity index (χ1) is 9.16. The smallest absolute Gasteiger partial charge is 0.181 e. The van der Waals surface area contributed by atoms with E-state index in [-0.39, 0.29) is 11.8 Å². The van der Waals surface area contributed by atoms with Crippen molar-refractivity contribution in [2.24, 2.45) is 7.05 Å². The lowest BCUT2D eigenvalue weighted by Crippen LogP contribution is -2.40. The van der Waals surface area contributed by atoms with Gasteiger partial charge >= 0.3 is 0 Å². The van der Waals surface area contributed by atoms with Crippen LogP contribution in [0.2, 0.25) is 0 Å². The molecule has 1 fully saturated rings. The zero-order valence-corrected chi connectivity index (χ0v) is 11.6. The molecule has 3 nitrogen and oxygen atoms in total. The van der Waals surface area contributed by atoms with Gasteiger partial charge in [0.05, 0.1) is 6.04 Å². The summed E-state index contributed by atoms with van der Waals surface area (Å²) in [5.41, 5.74) is 3.19. The van der Waals surface area contributed by atoms with Gasteiger partial charge in [0.2, 0.25) is 0 Å². The molecule has 100 valence electrons. The van der Waals surface area contributed by atoms with Gasteiger partial charge in [0.15, 0.2) is 5.78 Å². The van der Waals surface area contributed by atoms with E-state index in [4.69, 9.17) is 0 Å². The number of rotatable bonds is 2. The van der Waals surface area contributed by atoms with E-state index in [2.05, 4.69) is 30.4 Å². The van der Waals surface area contributed by atoms with Crippen molar-refractivity contribution in [2.75, 3.05) is 6.54 Å². The van der Waals surface area contributed by atoms with E-state index < -0.39 is 0 Å². The molecule has 0 saturated carbocycles. The monoisotopic (exact) mass is 256 g/mol. The number of nitrogens with zero attached hydrogens (tertiary/aromatic N) is 1. The van der Waals surface area contributed by atoms with E-state index in [0.29, 0.717) is 0 Å². The average Bonchev–Trinajstić information content (AvgIpc) is 2.75. The van der Waals surface area contributed by atoms with Gasteiger partial charge in [0.1, 0.15) is 0 Å². The number of carbonyl (C=O) groups is 1. The zero-order chi connectivity index (χ0) is 13.4. The highest BCUT2D eigenvalue weighted by Crippen LogP contribution is 2.24. The molecule has 1 aromatic carbocycles. The Kier molecular flexibility index (Phi) is 3.15. The molecule has 2 aromatic rings. The van der Waals surface area contributed by atoms with Crippen molar-refractivity contribution in [3.8, 4) is 0 Å². The molecule has 19 heavy (non-hydrogen) atoms. The molecule has 0 amide bonds. The van der Waals surface area contributed by atoms with E-state index in [1.54, 1.807) is 0 Å². The number of hydrogen-bond donors (Lipinski definition) is 1. The normalized spacial score (nSPS) is 19.8. The van der Waals surface area contributed by atoms with Gasteiger partial charge in [-0.2, -0.15) is 0 Å². The highest BCUT2D eigenvalue weighted by Gasteiger charge is 2.24. The Labute approximate surface area is 113 Å². The topological polar surface area (TPSA) is 34.0 Å². The van der Waals surface area contributed by atoms with Crippen LogP contribution in [0.15, 0.2) is 24.4 Å². The first kappa shape index (κ1) is 12.4. The van der Waals surface area contributed by atoms with E-state index in [1.807, 2.05) is 17.8 Å². The van der Waals surface area contributed by atoms with Gasteiger partial charge in [-0.15, -0.1) is 0 Å². The van der Waals surface area contributed by atoms with Gasteiger partial charge in [0, 0.05) is 29.7 Å². The van der Waals surface area contributed by atoms with Crippen LogP contribution in [-0.4, -0.2) is 22.9 Å². The number of Topliss-reactive ketones (excluding diaryl/α,β-unsaturated/α-hetero) is 1. The Balaban J connectivity index is 2.04. The number of aromatic nitrogens is 1. The van der Waals surface area contributed by atoms with Crippen LogP contribution in [0.3, 0.4) is 0 Å². The highest BCUT2D eigenvalue weighted by molar-refractivity contribution is 6.10. The molecule has 1 N–H and O–H groups in total. The average molecular weight is 256 g/mol. The van der Waals surface area contributed by atoms with Gasteiger partial charge in [0.25, 0.3) is 0 Å². The summed E-state index contributed by atoms with van der Waals surface area (Å²) >= 11 is 0. The van der Waals surface area contributed by atoms with Crippen molar-refractivity contribution >= 4 is 16.7 Å². The van der Waals surface area contributed by atoms with Crippen molar-refractivity contribution in [1.29, 1.82) is 0 Å². The summed E-state index contributed by atoms with van der Waals surface area (Å²) in [5, 5.41) is 4.43. The third-order valence-electron chi connectivity index (χ3n) is 4.04. The number of aryl methyl sites for hydroxylation is 2. The molecule has 0 aliphatic carbocycles. The van der Waals surface area contributed by atoms with Crippen LogP contribution >= 0.6 is 0 Å². The summed E-state index contributed by atoms with van der Waals surface area (Å²) in [6, 6.07) is 6.30. The molecule has 3 heteroatoms. The van der Waals surface area contributed by atoms with Crippen molar-refractivity contribution in [1.82, 2.24) is 9.88 Å². The Morgan fingerprint density at radius 2 is 2.21 bits per heavy atom. The summed E-state index contributed by atoms with van der Waals surface area (Å²) in [5.74, 6) is 0.246. The van der Waals surface area contributed by atoms with Crippen LogP contribution in [0, 0.1) is 6.92 Å². The third-order valence-corrected chi connectivity index (χ3v) is 4.04. The summed E-state index contributed by atoms with van der Waals surface area (Å²) in [6.07, 6.45) is 5.26. The maximum atomic E-state index is 12.7. The second kappa shape index (κ2) is 4.82. The van der Waals surface area contributed by atoms with E-state index in [1.165, 1.54) is 12.0 Å². The number of piperidine rings is 1. The predicted molar refractivity (Wildman–Crippen MR) is 77.6 cm³/mol. The minimum Gasteiger partial charge on any atom is -0.350 e. The van der Waals surface area contributed by atoms with E-state index in [9.17, 15) is 4.79 Å². The highest BCUT2D eigenvalue weighted by atomic mass is 16.1. The molecule has 0 radical (unpaired) electrons. The fourth-order valence-electron chi connectivity index (χ4n) is 2.97. The van der Waals surface area contributed by atoms with Crippen LogP contribution in [0.5, 0.6) is 0 Å². The number of fused-ring (bicyclic) bond motifs is 1. The molecule has 0 bridgehead atoms. The number of benzene rings is 1. The standard InChI is InChI=1S/C16H20N2O/c1-11-6-7-15-12(9-11)13(10-18(15)2)16(19)14-5-3-4-8-17-14/h6-7,9-10,14,17H,3-5,8H2,1-2H3. The van der Waals surface area contributed by atoms with Gasteiger partial charge in [-0.3, -0.25) is 4.79 Å². The van der Waals surface area contributed by atoms with Crippen molar-refractivity contribution in [2.45, 2.75) is 32.2 Å². The first-order valence-corrected chi connectivity index (χ1v) is 7.00. The van der Waals surface area contributed by atoms with Crippen LogP contribution in [0.25, 0.3) is 10.9 Å². The molecule has 1 saturated heterocycles. The second-order valence-corrected chi connectivity index (χ2v) is 5.54. The molecule has 1 aliphatic rings. The van der Waals surface area contributed by atoms with Gasteiger partial charge in [-0.05, 0) is 38.4 Å². The summed E-state index contributed by atoms with van der Waals surface area (Å²) in [6.45, 7) is 3.03. The molecule has 1 atom stereocenters. The van der Waals surface area contributed by atoms with Gasteiger partial charge < -0.3 is 9.88 Å². The fraction of sp³-hybridized carbons (Fsp3) is 0.438. The Bertz CT molecular complexity index is 621. The third kappa shape index (κ3) is 2.19. The molecule has 2 heterocycles. The van der Waals surface area contributed by atoms with Crippen LogP contribution in [0.1, 0.15) is 35.2 Å². The fourth-order valence-corrected chi connectivity index (χ4v) is 2.97. The summed E-state index contributed by atoms with van der Waals surface area (Å²) in [4.78, 5) is 12.7. The van der Waals surface area contributed by atoms with E-state index in [0.717, 1.165) is 35.9 Å². The minimum atomic E-state index is -0.000128. The van der Waals surface area contributed by atoms with Crippen LogP contribution in [0.4, 0.5) is 0 Å². The van der Waals surface area contributed by atoms with Gasteiger partial charge in [-0.1, -0.05) is 18.1 Å². The SMILES string of the molecule is Cc1ccc2c(c1)c(C(=O)C1CCCCN1)cn2C. The van der Waals surface area contributed by atoms with E-state index >= 15 is 0 Å². The number of hydrogen-bond acceptors (Lipinski definition) is 2. The molecule has 3 rings (SSSR count). The van der Waals surface area contributed by atoms with Crippen molar-refractivity contribution in [3.63, 3.8) is 0 Å². The lowest BCUT2D eigenvalue weighted by molar-refractivity contribution is 0.0928. The molecular formula is C16H20N2O. The summed E-state index contributed by atoms with van der Waals surface area (Å²) < 4.78 is 2.05. The molecular weight excluding hydrogens is 236 g/mol. The van der Waals surface area contributed by atoms with Gasteiger partial charge in [-0.25, -0.2) is 0 Å². The molecule has 1 aliphatic heterocycles. The maximum absolute atomic E-state index is 12.7. The van der Waals surface area contributed by atoms with Crippen LogP contribution in [-0.2, 0) is 7.05 Å². The molecule has 1 aromatic heterocycles. The number of ketones is 1. The maximum Gasteiger partial charge on any atom is 0.181 e. The molecule has 1 unspecified atom stereocenters. The van der Waals surface area contributed by atoms with Crippen molar-refractivity contribution in [3.05, 3.63) is 35.5 Å². The van der Waals surface area contributed by atoms with Crippen molar-refractivity contribution < 1.29 is 4.79 Å². The quantitative estimate of drug-likeness (QED) is 0.838. The largest absolute Gasteiger partial charge is 0.350 e.